The van der Waals surface area contributed by atoms with Crippen molar-refractivity contribution in [1.29, 1.82) is 0 Å². The molecule has 3 rings (SSSR count). The van der Waals surface area contributed by atoms with E-state index >= 15 is 0 Å². The Hall–Kier alpha value is -1.06. The van der Waals surface area contributed by atoms with Crippen LogP contribution in [0.2, 0.25) is 0 Å². The molecule has 3 aliphatic carbocycles. The van der Waals surface area contributed by atoms with Crippen molar-refractivity contribution < 1.29 is 19.1 Å². The SMILES string of the molecule is CC1CC(C)C(COC(=O)C2CCCCC2C(=O)OCC2C(C)CC(C)CC2C)C(C)C1. The summed E-state index contributed by atoms with van der Waals surface area (Å²) in [5, 5.41) is 0. The fraction of sp³-hybridized carbons (Fsp3) is 0.929. The van der Waals surface area contributed by atoms with Crippen molar-refractivity contribution in [3.8, 4) is 0 Å². The zero-order chi connectivity index (χ0) is 23.4. The Balaban J connectivity index is 1.53. The number of ether oxygens (including phenoxy) is 2. The minimum absolute atomic E-state index is 0.169. The summed E-state index contributed by atoms with van der Waals surface area (Å²) < 4.78 is 11.7. The summed E-state index contributed by atoms with van der Waals surface area (Å²) in [6.07, 6.45) is 8.32. The Morgan fingerprint density at radius 1 is 0.594 bits per heavy atom. The van der Waals surface area contributed by atoms with Crippen LogP contribution in [-0.2, 0) is 19.1 Å². The lowest BCUT2D eigenvalue weighted by Gasteiger charge is -2.38. The second kappa shape index (κ2) is 11.4. The molecule has 4 nitrogen and oxygen atoms in total. The summed E-state index contributed by atoms with van der Waals surface area (Å²) in [5.74, 6) is 3.69. The second-order valence-corrected chi connectivity index (χ2v) is 12.1. The normalized spacial score (nSPS) is 42.8. The molecule has 4 heteroatoms. The minimum Gasteiger partial charge on any atom is -0.465 e. The quantitative estimate of drug-likeness (QED) is 0.434. The van der Waals surface area contributed by atoms with Crippen LogP contribution in [0.5, 0.6) is 0 Å². The molecule has 0 saturated heterocycles. The van der Waals surface area contributed by atoms with Gasteiger partial charge in [0.15, 0.2) is 0 Å². The van der Waals surface area contributed by atoms with Crippen LogP contribution in [0, 0.1) is 59.2 Å². The van der Waals surface area contributed by atoms with E-state index in [1.807, 2.05) is 0 Å². The third-order valence-corrected chi connectivity index (χ3v) is 9.23. The molecule has 184 valence electrons. The van der Waals surface area contributed by atoms with Gasteiger partial charge in [0.1, 0.15) is 0 Å². The number of esters is 2. The maximum Gasteiger partial charge on any atom is 0.309 e. The first-order valence-electron chi connectivity index (χ1n) is 13.5. The Bertz CT molecular complexity index is 553. The second-order valence-electron chi connectivity index (χ2n) is 12.1. The van der Waals surface area contributed by atoms with Crippen LogP contribution < -0.4 is 0 Å². The maximum absolute atomic E-state index is 13.0. The average molecular weight is 449 g/mol. The average Bonchev–Trinajstić information content (AvgIpc) is 2.71. The largest absolute Gasteiger partial charge is 0.465 e. The van der Waals surface area contributed by atoms with Crippen LogP contribution in [0.4, 0.5) is 0 Å². The zero-order valence-corrected chi connectivity index (χ0v) is 21.5. The molecule has 0 N–H and O–H groups in total. The number of rotatable bonds is 6. The predicted molar refractivity (Wildman–Crippen MR) is 128 cm³/mol. The summed E-state index contributed by atoms with van der Waals surface area (Å²) >= 11 is 0. The van der Waals surface area contributed by atoms with Crippen LogP contribution in [-0.4, -0.2) is 25.2 Å². The van der Waals surface area contributed by atoms with E-state index in [9.17, 15) is 9.59 Å². The van der Waals surface area contributed by atoms with Crippen molar-refractivity contribution in [3.63, 3.8) is 0 Å². The molecule has 3 aliphatic rings. The first-order valence-corrected chi connectivity index (χ1v) is 13.5. The van der Waals surface area contributed by atoms with E-state index in [4.69, 9.17) is 9.47 Å². The fourth-order valence-electron chi connectivity index (χ4n) is 7.47. The van der Waals surface area contributed by atoms with E-state index in [1.165, 1.54) is 25.7 Å². The molecule has 0 aliphatic heterocycles. The molecule has 0 amide bonds. The standard InChI is InChI=1S/C28H48O4/c1-17-11-19(3)25(20(4)12-17)15-31-27(29)23-9-7-8-10-24(23)28(30)32-16-26-21(5)13-18(2)14-22(26)6/h17-26H,7-16H2,1-6H3. The van der Waals surface area contributed by atoms with Crippen molar-refractivity contribution in [1.82, 2.24) is 0 Å². The molecule has 3 saturated carbocycles. The molecule has 6 atom stereocenters. The topological polar surface area (TPSA) is 52.6 Å². The number of carbonyl (C=O) groups excluding carboxylic acids is 2. The van der Waals surface area contributed by atoms with Crippen molar-refractivity contribution in [2.45, 2.75) is 92.9 Å². The smallest absolute Gasteiger partial charge is 0.309 e. The Morgan fingerprint density at radius 2 is 0.906 bits per heavy atom. The van der Waals surface area contributed by atoms with Gasteiger partial charge in [-0.1, -0.05) is 54.4 Å². The summed E-state index contributed by atoms with van der Waals surface area (Å²) in [5.41, 5.74) is 0. The highest BCUT2D eigenvalue weighted by Crippen LogP contribution is 2.40. The van der Waals surface area contributed by atoms with Crippen LogP contribution >= 0.6 is 0 Å². The molecule has 0 heterocycles. The Labute approximate surface area is 196 Å². The van der Waals surface area contributed by atoms with Crippen LogP contribution in [0.1, 0.15) is 92.9 Å². The van der Waals surface area contributed by atoms with Gasteiger partial charge in [0.25, 0.3) is 0 Å². The summed E-state index contributed by atoms with van der Waals surface area (Å²) in [7, 11) is 0. The molecule has 0 radical (unpaired) electrons. The minimum atomic E-state index is -0.328. The predicted octanol–water partition coefficient (Wildman–Crippen LogP) is 6.52. The highest BCUT2D eigenvalue weighted by atomic mass is 16.5. The van der Waals surface area contributed by atoms with Gasteiger partial charge in [-0.2, -0.15) is 0 Å². The van der Waals surface area contributed by atoms with Crippen LogP contribution in [0.3, 0.4) is 0 Å². The van der Waals surface area contributed by atoms with Gasteiger partial charge >= 0.3 is 11.9 Å². The van der Waals surface area contributed by atoms with Crippen molar-refractivity contribution in [2.75, 3.05) is 13.2 Å². The molecular weight excluding hydrogens is 400 g/mol. The Morgan fingerprint density at radius 3 is 1.22 bits per heavy atom. The maximum atomic E-state index is 13.0. The lowest BCUT2D eigenvalue weighted by molar-refractivity contribution is -0.166. The molecule has 0 aromatic rings. The van der Waals surface area contributed by atoms with Gasteiger partial charge in [-0.25, -0.2) is 0 Å². The first-order chi connectivity index (χ1) is 15.2. The van der Waals surface area contributed by atoms with Crippen molar-refractivity contribution in [3.05, 3.63) is 0 Å². The number of hydrogen-bond acceptors (Lipinski definition) is 4. The third kappa shape index (κ3) is 6.29. The van der Waals surface area contributed by atoms with E-state index in [2.05, 4.69) is 41.5 Å². The fourth-order valence-corrected chi connectivity index (χ4v) is 7.47. The first kappa shape index (κ1) is 25.6. The highest BCUT2D eigenvalue weighted by Gasteiger charge is 2.40. The van der Waals surface area contributed by atoms with Crippen molar-refractivity contribution in [2.24, 2.45) is 59.2 Å². The molecule has 32 heavy (non-hydrogen) atoms. The zero-order valence-electron chi connectivity index (χ0n) is 21.5. The van der Waals surface area contributed by atoms with Gasteiger partial charge in [0.05, 0.1) is 25.0 Å². The monoisotopic (exact) mass is 448 g/mol. The molecule has 3 fully saturated rings. The van der Waals surface area contributed by atoms with E-state index in [0.29, 0.717) is 48.7 Å². The molecule has 0 aromatic carbocycles. The van der Waals surface area contributed by atoms with Crippen LogP contribution in [0.15, 0.2) is 0 Å². The van der Waals surface area contributed by atoms with E-state index in [1.54, 1.807) is 0 Å². The molecule has 0 aromatic heterocycles. The highest BCUT2D eigenvalue weighted by molar-refractivity contribution is 5.82. The van der Waals surface area contributed by atoms with E-state index in [0.717, 1.165) is 37.5 Å². The van der Waals surface area contributed by atoms with E-state index in [-0.39, 0.29) is 23.8 Å². The number of carbonyl (C=O) groups is 2. The van der Waals surface area contributed by atoms with Gasteiger partial charge < -0.3 is 9.47 Å². The van der Waals surface area contributed by atoms with Gasteiger partial charge in [-0.15, -0.1) is 0 Å². The van der Waals surface area contributed by atoms with Gasteiger partial charge in [-0.05, 0) is 85.9 Å². The van der Waals surface area contributed by atoms with Gasteiger partial charge in [-0.3, -0.25) is 9.59 Å². The van der Waals surface area contributed by atoms with E-state index < -0.39 is 0 Å². The molecule has 0 bridgehead atoms. The third-order valence-electron chi connectivity index (χ3n) is 9.23. The molecule has 0 spiro atoms. The Kier molecular flexibility index (Phi) is 9.09. The van der Waals surface area contributed by atoms with Gasteiger partial charge in [0.2, 0.25) is 0 Å². The summed E-state index contributed by atoms with van der Waals surface area (Å²) in [6, 6.07) is 0. The lowest BCUT2D eigenvalue weighted by atomic mass is 9.70. The number of hydrogen-bond donors (Lipinski definition) is 0. The van der Waals surface area contributed by atoms with Gasteiger partial charge in [0, 0.05) is 0 Å². The molecule has 6 unspecified atom stereocenters. The van der Waals surface area contributed by atoms with Crippen LogP contribution in [0.25, 0.3) is 0 Å². The summed E-state index contributed by atoms with van der Waals surface area (Å²) in [4.78, 5) is 26.1. The lowest BCUT2D eigenvalue weighted by Crippen LogP contribution is -2.39. The van der Waals surface area contributed by atoms with Crippen molar-refractivity contribution >= 4 is 11.9 Å². The summed E-state index contributed by atoms with van der Waals surface area (Å²) in [6.45, 7) is 14.8. The molecular formula is C28H48O4.